The molecule has 5 heteroatoms. The molecule has 2 aromatic carbocycles. The minimum Gasteiger partial charge on any atom is -0.494 e. The zero-order valence-electron chi connectivity index (χ0n) is 14.1. The summed E-state index contributed by atoms with van der Waals surface area (Å²) >= 11 is 1.58. The Kier molecular flexibility index (Phi) is 5.80. The molecule has 25 heavy (non-hydrogen) atoms. The summed E-state index contributed by atoms with van der Waals surface area (Å²) in [5.74, 6) is 0.589. The van der Waals surface area contributed by atoms with Crippen molar-refractivity contribution in [3.8, 4) is 16.3 Å². The van der Waals surface area contributed by atoms with E-state index >= 15 is 0 Å². The topological polar surface area (TPSA) is 51.2 Å². The summed E-state index contributed by atoms with van der Waals surface area (Å²) < 4.78 is 5.57. The normalized spacial score (nSPS) is 10.4. The summed E-state index contributed by atoms with van der Waals surface area (Å²) in [5.41, 5.74) is 2.54. The molecule has 128 valence electrons. The van der Waals surface area contributed by atoms with Crippen molar-refractivity contribution in [2.24, 2.45) is 0 Å². The highest BCUT2D eigenvalue weighted by atomic mass is 32.1. The van der Waals surface area contributed by atoms with Crippen LogP contribution in [0.25, 0.3) is 10.6 Å². The molecule has 3 rings (SSSR count). The van der Waals surface area contributed by atoms with Gasteiger partial charge in [-0.2, -0.15) is 0 Å². The van der Waals surface area contributed by atoms with Gasteiger partial charge in [0, 0.05) is 16.5 Å². The molecular formula is C20H20N2O2S. The Balaban J connectivity index is 1.60. The molecule has 1 aromatic heterocycles. The number of nitrogens with zero attached hydrogens (tertiary/aromatic N) is 1. The lowest BCUT2D eigenvalue weighted by Gasteiger charge is -2.07. The number of nitrogens with one attached hydrogen (secondary N) is 1. The van der Waals surface area contributed by atoms with Gasteiger partial charge >= 0.3 is 0 Å². The standard InChI is InChI=1S/C20H20N2O2S/c1-2-11-24-18-10-6-9-16(12-18)19(23)21-13-17-14-25-20(22-17)15-7-4-3-5-8-15/h3-10,12,14H,2,11,13H2,1H3,(H,21,23). The average Bonchev–Trinajstić information content (AvgIpc) is 3.14. The van der Waals surface area contributed by atoms with Crippen molar-refractivity contribution >= 4 is 17.2 Å². The van der Waals surface area contributed by atoms with Gasteiger partial charge in [-0.3, -0.25) is 4.79 Å². The molecule has 1 N–H and O–H groups in total. The molecule has 0 spiro atoms. The Morgan fingerprint density at radius 2 is 2.00 bits per heavy atom. The molecule has 1 heterocycles. The van der Waals surface area contributed by atoms with E-state index in [4.69, 9.17) is 4.74 Å². The van der Waals surface area contributed by atoms with Crippen LogP contribution < -0.4 is 10.1 Å². The highest BCUT2D eigenvalue weighted by molar-refractivity contribution is 7.13. The Morgan fingerprint density at radius 3 is 2.80 bits per heavy atom. The number of benzene rings is 2. The number of hydrogen-bond acceptors (Lipinski definition) is 4. The predicted molar refractivity (Wildman–Crippen MR) is 101 cm³/mol. The van der Waals surface area contributed by atoms with Crippen LogP contribution in [0.5, 0.6) is 5.75 Å². The molecule has 0 aliphatic rings. The third-order valence-electron chi connectivity index (χ3n) is 3.57. The molecule has 0 saturated carbocycles. The maximum absolute atomic E-state index is 12.3. The number of carbonyl (C=O) groups excluding carboxylic acids is 1. The van der Waals surface area contributed by atoms with Gasteiger partial charge in [-0.25, -0.2) is 4.98 Å². The second-order valence-corrected chi connectivity index (χ2v) is 6.43. The summed E-state index contributed by atoms with van der Waals surface area (Å²) in [7, 11) is 0. The quantitative estimate of drug-likeness (QED) is 0.680. The molecule has 0 fully saturated rings. The van der Waals surface area contributed by atoms with Crippen LogP contribution in [0.15, 0.2) is 60.0 Å². The predicted octanol–water partition coefficient (Wildman–Crippen LogP) is 4.53. The van der Waals surface area contributed by atoms with Crippen molar-refractivity contribution < 1.29 is 9.53 Å². The van der Waals surface area contributed by atoms with Gasteiger partial charge in [0.2, 0.25) is 0 Å². The smallest absolute Gasteiger partial charge is 0.251 e. The van der Waals surface area contributed by atoms with Crippen LogP contribution in [0.2, 0.25) is 0 Å². The lowest BCUT2D eigenvalue weighted by molar-refractivity contribution is 0.0950. The van der Waals surface area contributed by atoms with E-state index < -0.39 is 0 Å². The first kappa shape index (κ1) is 17.2. The fourth-order valence-corrected chi connectivity index (χ4v) is 3.15. The Labute approximate surface area is 151 Å². The van der Waals surface area contributed by atoms with E-state index in [1.54, 1.807) is 23.5 Å². The maximum Gasteiger partial charge on any atom is 0.251 e. The number of hydrogen-bond donors (Lipinski definition) is 1. The highest BCUT2D eigenvalue weighted by Gasteiger charge is 2.09. The van der Waals surface area contributed by atoms with Crippen molar-refractivity contribution in [1.82, 2.24) is 10.3 Å². The highest BCUT2D eigenvalue weighted by Crippen LogP contribution is 2.23. The SMILES string of the molecule is CCCOc1cccc(C(=O)NCc2csc(-c3ccccc3)n2)c1. The lowest BCUT2D eigenvalue weighted by Crippen LogP contribution is -2.22. The van der Waals surface area contributed by atoms with Crippen LogP contribution in [0.1, 0.15) is 29.4 Å². The minimum atomic E-state index is -0.129. The Hall–Kier alpha value is -2.66. The van der Waals surface area contributed by atoms with Crippen LogP contribution >= 0.6 is 11.3 Å². The third kappa shape index (κ3) is 4.67. The van der Waals surface area contributed by atoms with Crippen molar-refractivity contribution in [2.45, 2.75) is 19.9 Å². The van der Waals surface area contributed by atoms with Gasteiger partial charge in [-0.1, -0.05) is 43.3 Å². The first-order chi connectivity index (χ1) is 12.3. The van der Waals surface area contributed by atoms with Crippen LogP contribution in [0.4, 0.5) is 0 Å². The zero-order chi connectivity index (χ0) is 17.5. The first-order valence-corrected chi connectivity index (χ1v) is 9.15. The molecule has 0 radical (unpaired) electrons. The van der Waals surface area contributed by atoms with Gasteiger partial charge in [-0.05, 0) is 24.6 Å². The largest absolute Gasteiger partial charge is 0.494 e. The third-order valence-corrected chi connectivity index (χ3v) is 4.51. The van der Waals surface area contributed by atoms with E-state index in [2.05, 4.69) is 10.3 Å². The number of amides is 1. The monoisotopic (exact) mass is 352 g/mol. The van der Waals surface area contributed by atoms with Gasteiger partial charge in [-0.15, -0.1) is 11.3 Å². The van der Waals surface area contributed by atoms with Crippen LogP contribution in [-0.2, 0) is 6.54 Å². The lowest BCUT2D eigenvalue weighted by atomic mass is 10.2. The second kappa shape index (κ2) is 8.44. The molecule has 3 aromatic rings. The second-order valence-electron chi connectivity index (χ2n) is 5.57. The number of carbonyl (C=O) groups is 1. The molecule has 0 aliphatic heterocycles. The van der Waals surface area contributed by atoms with Crippen molar-refractivity contribution in [3.63, 3.8) is 0 Å². The maximum atomic E-state index is 12.3. The van der Waals surface area contributed by atoms with E-state index in [9.17, 15) is 4.79 Å². The van der Waals surface area contributed by atoms with Gasteiger partial charge in [0.15, 0.2) is 0 Å². The van der Waals surface area contributed by atoms with E-state index in [0.717, 1.165) is 28.4 Å². The van der Waals surface area contributed by atoms with Crippen LogP contribution in [0, 0.1) is 0 Å². The van der Waals surface area contributed by atoms with Crippen molar-refractivity contribution in [2.75, 3.05) is 6.61 Å². The fourth-order valence-electron chi connectivity index (χ4n) is 2.32. The number of ether oxygens (including phenoxy) is 1. The first-order valence-electron chi connectivity index (χ1n) is 8.27. The van der Waals surface area contributed by atoms with E-state index in [-0.39, 0.29) is 5.91 Å². The van der Waals surface area contributed by atoms with E-state index in [0.29, 0.717) is 18.7 Å². The summed E-state index contributed by atoms with van der Waals surface area (Å²) in [4.78, 5) is 16.9. The molecule has 4 nitrogen and oxygen atoms in total. The fraction of sp³-hybridized carbons (Fsp3) is 0.200. The number of aromatic nitrogens is 1. The summed E-state index contributed by atoms with van der Waals surface area (Å²) in [6.07, 6.45) is 0.935. The van der Waals surface area contributed by atoms with Crippen molar-refractivity contribution in [1.29, 1.82) is 0 Å². The Morgan fingerprint density at radius 1 is 1.16 bits per heavy atom. The number of thiazole rings is 1. The summed E-state index contributed by atoms with van der Waals surface area (Å²) in [5, 5.41) is 5.85. The molecule has 1 amide bonds. The van der Waals surface area contributed by atoms with E-state index in [1.165, 1.54) is 0 Å². The van der Waals surface area contributed by atoms with Gasteiger partial charge in [0.1, 0.15) is 10.8 Å². The average molecular weight is 352 g/mol. The minimum absolute atomic E-state index is 0.129. The van der Waals surface area contributed by atoms with Crippen molar-refractivity contribution in [3.05, 3.63) is 71.2 Å². The molecular weight excluding hydrogens is 332 g/mol. The Bertz CT molecular complexity index is 830. The summed E-state index contributed by atoms with van der Waals surface area (Å²) in [6.45, 7) is 3.10. The molecule has 0 saturated heterocycles. The van der Waals surface area contributed by atoms with Gasteiger partial charge < -0.3 is 10.1 Å². The van der Waals surface area contributed by atoms with Crippen LogP contribution in [0.3, 0.4) is 0 Å². The molecule has 0 bridgehead atoms. The molecule has 0 atom stereocenters. The van der Waals surface area contributed by atoms with Gasteiger partial charge in [0.25, 0.3) is 5.91 Å². The van der Waals surface area contributed by atoms with Gasteiger partial charge in [0.05, 0.1) is 18.8 Å². The van der Waals surface area contributed by atoms with E-state index in [1.807, 2.05) is 54.8 Å². The van der Waals surface area contributed by atoms with Crippen LogP contribution in [-0.4, -0.2) is 17.5 Å². The molecule has 0 unspecified atom stereocenters. The summed E-state index contributed by atoms with van der Waals surface area (Å²) in [6, 6.07) is 17.3. The molecule has 0 aliphatic carbocycles. The zero-order valence-corrected chi connectivity index (χ0v) is 14.9. The number of rotatable bonds is 7.